The summed E-state index contributed by atoms with van der Waals surface area (Å²) in [5.74, 6) is 1.58. The van der Waals surface area contributed by atoms with Crippen LogP contribution in [0.15, 0.2) is 0 Å². The fourth-order valence-electron chi connectivity index (χ4n) is 0.972. The second-order valence-corrected chi connectivity index (χ2v) is 3.27. The molecular formula is C10H22O2. The van der Waals surface area contributed by atoms with Crippen molar-refractivity contribution in [2.24, 2.45) is 11.8 Å². The molecule has 12 heavy (non-hydrogen) atoms. The van der Waals surface area contributed by atoms with Crippen LogP contribution in [0.5, 0.6) is 0 Å². The molecule has 0 bridgehead atoms. The second kappa shape index (κ2) is 7.56. The van der Waals surface area contributed by atoms with Gasteiger partial charge in [-0.05, 0) is 25.7 Å². The van der Waals surface area contributed by atoms with Crippen molar-refractivity contribution in [1.29, 1.82) is 0 Å². The number of hydrogen-bond acceptors (Lipinski definition) is 2. The quantitative estimate of drug-likeness (QED) is 0.639. The van der Waals surface area contributed by atoms with E-state index in [1.807, 2.05) is 13.8 Å². The van der Waals surface area contributed by atoms with E-state index in [-0.39, 0.29) is 0 Å². The molecule has 1 aliphatic rings. The highest BCUT2D eigenvalue weighted by atomic mass is 16.5. The van der Waals surface area contributed by atoms with Crippen LogP contribution < -0.4 is 0 Å². The normalized spacial score (nSPS) is 28.0. The molecule has 0 aromatic heterocycles. The second-order valence-electron chi connectivity index (χ2n) is 3.27. The summed E-state index contributed by atoms with van der Waals surface area (Å²) in [5.41, 5.74) is 0. The molecule has 1 heterocycles. The van der Waals surface area contributed by atoms with Gasteiger partial charge in [0, 0.05) is 26.4 Å². The molecule has 2 nitrogen and oxygen atoms in total. The Kier molecular flexibility index (Phi) is 7.51. The summed E-state index contributed by atoms with van der Waals surface area (Å²) in [7, 11) is 0. The molecule has 0 radical (unpaired) electrons. The Morgan fingerprint density at radius 2 is 1.50 bits per heavy atom. The number of ether oxygens (including phenoxy) is 2. The average Bonchev–Trinajstić information content (AvgIpc) is 2.39. The van der Waals surface area contributed by atoms with Crippen LogP contribution in [0.3, 0.4) is 0 Å². The first-order valence-electron chi connectivity index (χ1n) is 4.87. The molecule has 74 valence electrons. The molecule has 1 fully saturated rings. The zero-order chi connectivity index (χ0) is 9.40. The summed E-state index contributed by atoms with van der Waals surface area (Å²) < 4.78 is 10.0. The van der Waals surface area contributed by atoms with Crippen LogP contribution in [0.4, 0.5) is 0 Å². The van der Waals surface area contributed by atoms with E-state index in [1.54, 1.807) is 0 Å². The van der Waals surface area contributed by atoms with Crippen molar-refractivity contribution in [3.8, 4) is 0 Å². The third kappa shape index (κ3) is 5.56. The lowest BCUT2D eigenvalue weighted by Gasteiger charge is -2.01. The van der Waals surface area contributed by atoms with Crippen molar-refractivity contribution in [3.63, 3.8) is 0 Å². The monoisotopic (exact) mass is 174 g/mol. The largest absolute Gasteiger partial charge is 0.382 e. The molecule has 0 amide bonds. The Morgan fingerprint density at radius 1 is 1.08 bits per heavy atom. The van der Waals surface area contributed by atoms with Crippen molar-refractivity contribution in [3.05, 3.63) is 0 Å². The Labute approximate surface area is 76.3 Å². The maximum atomic E-state index is 5.17. The molecule has 1 aliphatic heterocycles. The van der Waals surface area contributed by atoms with Gasteiger partial charge in [-0.15, -0.1) is 0 Å². The molecule has 0 aliphatic carbocycles. The standard InChI is InChI=1S/C6H12O.C4H10O/c1-5-3-7-4-6(5)2;1-3-5-4-2/h5-6H,3-4H2,1-2H3;3-4H2,1-2H3. The van der Waals surface area contributed by atoms with Gasteiger partial charge in [0.05, 0.1) is 0 Å². The van der Waals surface area contributed by atoms with E-state index in [9.17, 15) is 0 Å². The van der Waals surface area contributed by atoms with Gasteiger partial charge in [0.1, 0.15) is 0 Å². The molecule has 1 saturated heterocycles. The molecule has 0 saturated carbocycles. The number of rotatable bonds is 2. The van der Waals surface area contributed by atoms with E-state index in [4.69, 9.17) is 9.47 Å². The van der Waals surface area contributed by atoms with Crippen LogP contribution in [0, 0.1) is 11.8 Å². The van der Waals surface area contributed by atoms with E-state index < -0.39 is 0 Å². The lowest BCUT2D eigenvalue weighted by atomic mass is 10.0. The summed E-state index contributed by atoms with van der Waals surface area (Å²) in [5, 5.41) is 0. The minimum absolute atomic E-state index is 0.792. The van der Waals surface area contributed by atoms with Gasteiger partial charge in [-0.1, -0.05) is 13.8 Å². The lowest BCUT2D eigenvalue weighted by molar-refractivity contribution is 0.162. The first-order chi connectivity index (χ1) is 5.72. The lowest BCUT2D eigenvalue weighted by Crippen LogP contribution is -2.01. The van der Waals surface area contributed by atoms with Crippen LogP contribution in [0.1, 0.15) is 27.7 Å². The predicted molar refractivity (Wildman–Crippen MR) is 51.3 cm³/mol. The van der Waals surface area contributed by atoms with Crippen LogP contribution in [0.2, 0.25) is 0 Å². The van der Waals surface area contributed by atoms with Gasteiger partial charge in [-0.2, -0.15) is 0 Å². The third-order valence-corrected chi connectivity index (χ3v) is 2.14. The minimum Gasteiger partial charge on any atom is -0.382 e. The van der Waals surface area contributed by atoms with E-state index >= 15 is 0 Å². The third-order valence-electron chi connectivity index (χ3n) is 2.14. The van der Waals surface area contributed by atoms with Gasteiger partial charge < -0.3 is 9.47 Å². The average molecular weight is 174 g/mol. The Balaban J connectivity index is 0.000000217. The molecule has 0 aromatic rings. The van der Waals surface area contributed by atoms with Crippen LogP contribution in [0.25, 0.3) is 0 Å². The van der Waals surface area contributed by atoms with E-state index in [2.05, 4.69) is 13.8 Å². The summed E-state index contributed by atoms with van der Waals surface area (Å²) in [6.07, 6.45) is 0. The van der Waals surface area contributed by atoms with Crippen molar-refractivity contribution < 1.29 is 9.47 Å². The highest BCUT2D eigenvalue weighted by Crippen LogP contribution is 2.17. The molecule has 0 aromatic carbocycles. The maximum absolute atomic E-state index is 5.17. The number of hydrogen-bond donors (Lipinski definition) is 0. The Morgan fingerprint density at radius 3 is 1.58 bits per heavy atom. The zero-order valence-corrected chi connectivity index (χ0v) is 8.80. The predicted octanol–water partition coefficient (Wildman–Crippen LogP) is 2.33. The fraction of sp³-hybridized carbons (Fsp3) is 1.00. The molecule has 2 unspecified atom stereocenters. The molecule has 2 heteroatoms. The SMILES string of the molecule is CC1COCC1C.CCOCC. The highest BCUT2D eigenvalue weighted by molar-refractivity contribution is 4.65. The van der Waals surface area contributed by atoms with Crippen molar-refractivity contribution in [1.82, 2.24) is 0 Å². The van der Waals surface area contributed by atoms with Crippen LogP contribution >= 0.6 is 0 Å². The smallest absolute Gasteiger partial charge is 0.0495 e. The molecular weight excluding hydrogens is 152 g/mol. The van der Waals surface area contributed by atoms with Gasteiger partial charge in [0.25, 0.3) is 0 Å². The van der Waals surface area contributed by atoms with Crippen LogP contribution in [-0.4, -0.2) is 26.4 Å². The minimum atomic E-state index is 0.792. The van der Waals surface area contributed by atoms with Crippen molar-refractivity contribution in [2.75, 3.05) is 26.4 Å². The summed E-state index contributed by atoms with van der Waals surface area (Å²) >= 11 is 0. The highest BCUT2D eigenvalue weighted by Gasteiger charge is 2.18. The summed E-state index contributed by atoms with van der Waals surface area (Å²) in [4.78, 5) is 0. The van der Waals surface area contributed by atoms with E-state index in [1.165, 1.54) is 0 Å². The van der Waals surface area contributed by atoms with E-state index in [0.717, 1.165) is 38.3 Å². The molecule has 2 atom stereocenters. The Bertz CT molecular complexity index is 83.8. The first-order valence-corrected chi connectivity index (χ1v) is 4.87. The van der Waals surface area contributed by atoms with Gasteiger partial charge in [0.15, 0.2) is 0 Å². The van der Waals surface area contributed by atoms with Crippen LogP contribution in [-0.2, 0) is 9.47 Å². The van der Waals surface area contributed by atoms with E-state index in [0.29, 0.717) is 0 Å². The topological polar surface area (TPSA) is 18.5 Å². The summed E-state index contributed by atoms with van der Waals surface area (Å²) in [6, 6.07) is 0. The van der Waals surface area contributed by atoms with Crippen molar-refractivity contribution >= 4 is 0 Å². The summed E-state index contributed by atoms with van der Waals surface area (Å²) in [6.45, 7) is 12.1. The van der Waals surface area contributed by atoms with Gasteiger partial charge in [-0.3, -0.25) is 0 Å². The first kappa shape index (κ1) is 11.9. The van der Waals surface area contributed by atoms with Gasteiger partial charge >= 0.3 is 0 Å². The molecule has 1 rings (SSSR count). The van der Waals surface area contributed by atoms with Gasteiger partial charge in [-0.25, -0.2) is 0 Å². The molecule has 0 N–H and O–H groups in total. The zero-order valence-electron chi connectivity index (χ0n) is 8.80. The fourth-order valence-corrected chi connectivity index (χ4v) is 0.972. The molecule has 0 spiro atoms. The Hall–Kier alpha value is -0.0800. The van der Waals surface area contributed by atoms with Crippen molar-refractivity contribution in [2.45, 2.75) is 27.7 Å². The maximum Gasteiger partial charge on any atom is 0.0495 e. The van der Waals surface area contributed by atoms with Gasteiger partial charge in [0.2, 0.25) is 0 Å².